The predicted octanol–water partition coefficient (Wildman–Crippen LogP) is 4.04. The number of para-hydroxylation sites is 1. The van der Waals surface area contributed by atoms with E-state index in [0.717, 1.165) is 48.4 Å². The first kappa shape index (κ1) is 21.0. The lowest BCUT2D eigenvalue weighted by Gasteiger charge is -2.37. The number of aromatic nitrogens is 1. The van der Waals surface area contributed by atoms with Crippen LogP contribution >= 0.6 is 12.4 Å². The average Bonchev–Trinajstić information content (AvgIpc) is 3.32. The molecule has 2 aromatic rings. The van der Waals surface area contributed by atoms with Gasteiger partial charge < -0.3 is 19.1 Å². The fourth-order valence-corrected chi connectivity index (χ4v) is 4.68. The van der Waals surface area contributed by atoms with Crippen molar-refractivity contribution in [2.75, 3.05) is 33.8 Å². The summed E-state index contributed by atoms with van der Waals surface area (Å²) < 4.78 is 7.92. The summed E-state index contributed by atoms with van der Waals surface area (Å²) in [4.78, 5) is 17.7. The smallest absolute Gasteiger partial charge is 0.256 e. The molecule has 4 rings (SSSR count). The molecule has 0 radical (unpaired) electrons. The zero-order valence-corrected chi connectivity index (χ0v) is 18.0. The third-order valence-corrected chi connectivity index (χ3v) is 6.49. The van der Waals surface area contributed by atoms with Gasteiger partial charge in [0.25, 0.3) is 5.91 Å². The van der Waals surface area contributed by atoms with Crippen molar-refractivity contribution >= 4 is 29.2 Å². The molecule has 0 unspecified atom stereocenters. The molecule has 28 heavy (non-hydrogen) atoms. The Hall–Kier alpha value is -1.72. The largest absolute Gasteiger partial charge is 0.495 e. The number of halogens is 1. The Kier molecular flexibility index (Phi) is 6.56. The van der Waals surface area contributed by atoms with Crippen molar-refractivity contribution in [3.8, 4) is 5.75 Å². The van der Waals surface area contributed by atoms with Gasteiger partial charge >= 0.3 is 0 Å². The molecule has 154 valence electrons. The van der Waals surface area contributed by atoms with Crippen LogP contribution in [-0.4, -0.2) is 60.1 Å². The van der Waals surface area contributed by atoms with Crippen molar-refractivity contribution in [2.45, 2.75) is 45.2 Å². The Morgan fingerprint density at radius 2 is 1.96 bits per heavy atom. The molecule has 1 saturated heterocycles. The molecular weight excluding hydrogens is 374 g/mol. The van der Waals surface area contributed by atoms with Gasteiger partial charge in [0.05, 0.1) is 18.2 Å². The Morgan fingerprint density at radius 1 is 1.21 bits per heavy atom. The molecule has 2 heterocycles. The molecule has 1 aliphatic heterocycles. The van der Waals surface area contributed by atoms with Crippen LogP contribution in [0.25, 0.3) is 10.9 Å². The number of piperazine rings is 1. The number of hydrogen-bond donors (Lipinski definition) is 0. The van der Waals surface area contributed by atoms with Crippen LogP contribution in [0.2, 0.25) is 0 Å². The fraction of sp³-hybridized carbons (Fsp3) is 0.591. The summed E-state index contributed by atoms with van der Waals surface area (Å²) in [5, 5.41) is 1.02. The van der Waals surface area contributed by atoms with Gasteiger partial charge in [-0.15, -0.1) is 12.4 Å². The van der Waals surface area contributed by atoms with Crippen molar-refractivity contribution < 1.29 is 9.53 Å². The van der Waals surface area contributed by atoms with E-state index in [1.165, 1.54) is 25.7 Å². The first-order valence-corrected chi connectivity index (χ1v) is 10.2. The van der Waals surface area contributed by atoms with E-state index in [0.29, 0.717) is 12.0 Å². The second kappa shape index (κ2) is 8.75. The number of methoxy groups -OCH3 is 1. The number of carbonyl (C=O) groups is 1. The summed E-state index contributed by atoms with van der Waals surface area (Å²) in [6, 6.07) is 6.45. The maximum Gasteiger partial charge on any atom is 0.256 e. The van der Waals surface area contributed by atoms with Gasteiger partial charge in [-0.05, 0) is 38.8 Å². The van der Waals surface area contributed by atoms with Gasteiger partial charge in [-0.2, -0.15) is 0 Å². The fourth-order valence-electron chi connectivity index (χ4n) is 4.68. The summed E-state index contributed by atoms with van der Waals surface area (Å²) in [7, 11) is 3.84. The first-order valence-electron chi connectivity index (χ1n) is 10.2. The lowest BCUT2D eigenvalue weighted by molar-refractivity contribution is 0.0574. The number of fused-ring (bicyclic) bond motifs is 1. The highest BCUT2D eigenvalue weighted by atomic mass is 35.5. The minimum atomic E-state index is 0. The van der Waals surface area contributed by atoms with Crippen molar-refractivity contribution in [1.29, 1.82) is 0 Å². The van der Waals surface area contributed by atoms with Crippen molar-refractivity contribution in [3.05, 3.63) is 30.0 Å². The molecule has 0 N–H and O–H groups in total. The molecule has 2 aliphatic rings. The van der Waals surface area contributed by atoms with Gasteiger partial charge in [0.1, 0.15) is 5.75 Å². The van der Waals surface area contributed by atoms with E-state index in [2.05, 4.69) is 35.7 Å². The molecule has 5 nitrogen and oxygen atoms in total. The van der Waals surface area contributed by atoms with E-state index >= 15 is 0 Å². The third kappa shape index (κ3) is 3.87. The van der Waals surface area contributed by atoms with Crippen LogP contribution in [0.1, 0.15) is 43.0 Å². The van der Waals surface area contributed by atoms with E-state index in [1.807, 2.05) is 17.0 Å². The van der Waals surface area contributed by atoms with E-state index < -0.39 is 0 Å². The maximum absolute atomic E-state index is 13.4. The minimum Gasteiger partial charge on any atom is -0.495 e. The number of benzene rings is 1. The lowest BCUT2D eigenvalue weighted by Crippen LogP contribution is -2.52. The minimum absolute atomic E-state index is 0. The van der Waals surface area contributed by atoms with Crippen LogP contribution in [-0.2, 0) is 6.54 Å². The van der Waals surface area contributed by atoms with Crippen LogP contribution in [0.5, 0.6) is 5.75 Å². The van der Waals surface area contributed by atoms with Crippen LogP contribution in [0.3, 0.4) is 0 Å². The molecule has 1 saturated carbocycles. The highest BCUT2D eigenvalue weighted by molar-refractivity contribution is 6.08. The SMILES string of the molecule is COc1cccc2c(C(=O)N3CCN(C)[C@@H](C)C3)cn(CC3CCCC3)c12.Cl. The van der Waals surface area contributed by atoms with Crippen molar-refractivity contribution in [1.82, 2.24) is 14.4 Å². The molecule has 1 aromatic heterocycles. The second-order valence-electron chi connectivity index (χ2n) is 8.28. The number of hydrogen-bond acceptors (Lipinski definition) is 3. The number of ether oxygens (including phenoxy) is 1. The van der Waals surface area contributed by atoms with Crippen LogP contribution in [0.4, 0.5) is 0 Å². The Morgan fingerprint density at radius 3 is 2.64 bits per heavy atom. The normalized spacial score (nSPS) is 21.1. The van der Waals surface area contributed by atoms with Gasteiger partial charge in [-0.3, -0.25) is 4.79 Å². The molecule has 1 atom stereocenters. The zero-order chi connectivity index (χ0) is 19.0. The van der Waals surface area contributed by atoms with Gasteiger partial charge in [0.15, 0.2) is 0 Å². The first-order chi connectivity index (χ1) is 13.1. The summed E-state index contributed by atoms with van der Waals surface area (Å²) in [5.74, 6) is 1.71. The molecule has 6 heteroatoms. The molecular formula is C22H32ClN3O2. The summed E-state index contributed by atoms with van der Waals surface area (Å²) in [6.45, 7) is 5.67. The topological polar surface area (TPSA) is 37.7 Å². The highest BCUT2D eigenvalue weighted by Crippen LogP contribution is 2.34. The van der Waals surface area contributed by atoms with Crippen molar-refractivity contribution in [2.24, 2.45) is 5.92 Å². The quantitative estimate of drug-likeness (QED) is 0.770. The molecule has 1 amide bonds. The number of nitrogens with zero attached hydrogens (tertiary/aromatic N) is 3. The van der Waals surface area contributed by atoms with E-state index in [4.69, 9.17) is 4.74 Å². The number of amides is 1. The third-order valence-electron chi connectivity index (χ3n) is 6.49. The van der Waals surface area contributed by atoms with Crippen LogP contribution in [0.15, 0.2) is 24.4 Å². The zero-order valence-electron chi connectivity index (χ0n) is 17.2. The van der Waals surface area contributed by atoms with E-state index in [1.54, 1.807) is 7.11 Å². The van der Waals surface area contributed by atoms with Gasteiger partial charge in [0.2, 0.25) is 0 Å². The van der Waals surface area contributed by atoms with Gasteiger partial charge in [-0.1, -0.05) is 25.0 Å². The van der Waals surface area contributed by atoms with Crippen LogP contribution < -0.4 is 4.74 Å². The monoisotopic (exact) mass is 405 g/mol. The highest BCUT2D eigenvalue weighted by Gasteiger charge is 2.28. The maximum atomic E-state index is 13.4. The molecule has 0 spiro atoms. The van der Waals surface area contributed by atoms with Crippen molar-refractivity contribution in [3.63, 3.8) is 0 Å². The Bertz CT molecular complexity index is 829. The number of carbonyl (C=O) groups excluding carboxylic acids is 1. The number of likely N-dealkylation sites (N-methyl/N-ethyl adjacent to an activating group) is 1. The van der Waals surface area contributed by atoms with E-state index in [9.17, 15) is 4.79 Å². The molecule has 2 fully saturated rings. The molecule has 0 bridgehead atoms. The summed E-state index contributed by atoms with van der Waals surface area (Å²) >= 11 is 0. The summed E-state index contributed by atoms with van der Waals surface area (Å²) in [5.41, 5.74) is 1.89. The molecule has 1 aliphatic carbocycles. The second-order valence-corrected chi connectivity index (χ2v) is 8.28. The number of rotatable bonds is 4. The average molecular weight is 406 g/mol. The lowest BCUT2D eigenvalue weighted by atomic mass is 10.1. The Labute approximate surface area is 174 Å². The van der Waals surface area contributed by atoms with Crippen LogP contribution in [0, 0.1) is 5.92 Å². The van der Waals surface area contributed by atoms with E-state index in [-0.39, 0.29) is 18.3 Å². The standard InChI is InChI=1S/C22H31N3O2.ClH/c1-16-13-24(12-11-23(16)2)22(26)19-15-25(14-17-7-4-5-8-17)21-18(19)9-6-10-20(21)27-3;/h6,9-10,15-17H,4-5,7-8,11-14H2,1-3H3;1H/t16-;/m0./s1. The van der Waals surface area contributed by atoms with Gasteiger partial charge in [-0.25, -0.2) is 0 Å². The summed E-state index contributed by atoms with van der Waals surface area (Å²) in [6.07, 6.45) is 7.30. The molecule has 1 aromatic carbocycles. The van der Waals surface area contributed by atoms with Gasteiger partial charge in [0, 0.05) is 43.8 Å². The predicted molar refractivity (Wildman–Crippen MR) is 116 cm³/mol. The Balaban J connectivity index is 0.00000225.